The first-order valence-electron chi connectivity index (χ1n) is 11.5. The van der Waals surface area contributed by atoms with Crippen LogP contribution in [-0.4, -0.2) is 24.0 Å². The Morgan fingerprint density at radius 1 is 0.833 bits per heavy atom. The van der Waals surface area contributed by atoms with Gasteiger partial charge in [-0.3, -0.25) is 0 Å². The van der Waals surface area contributed by atoms with Crippen LogP contribution in [0.4, 0.5) is 0 Å². The van der Waals surface area contributed by atoms with E-state index < -0.39 is 0 Å². The van der Waals surface area contributed by atoms with Crippen LogP contribution in [0.3, 0.4) is 0 Å². The molecule has 2 aromatic carbocycles. The number of para-hydroxylation sites is 1. The third-order valence-corrected chi connectivity index (χ3v) is 5.89. The Kier molecular flexibility index (Phi) is 8.52. The van der Waals surface area contributed by atoms with Crippen molar-refractivity contribution in [3.63, 3.8) is 0 Å². The molecule has 0 aliphatic carbocycles. The van der Waals surface area contributed by atoms with Gasteiger partial charge in [0.2, 0.25) is 6.23 Å². The van der Waals surface area contributed by atoms with Gasteiger partial charge in [0.05, 0.1) is 6.61 Å². The number of rotatable bonds is 11. The zero-order valence-electron chi connectivity index (χ0n) is 20.3. The summed E-state index contributed by atoms with van der Waals surface area (Å²) in [6.07, 6.45) is 0.977. The van der Waals surface area contributed by atoms with Gasteiger partial charge in [0.15, 0.2) is 11.3 Å². The lowest BCUT2D eigenvalue weighted by Crippen LogP contribution is -2.68. The summed E-state index contributed by atoms with van der Waals surface area (Å²) in [4.78, 5) is 6.85. The van der Waals surface area contributed by atoms with Gasteiger partial charge in [-0.05, 0) is 50.8 Å². The Bertz CT molecular complexity index is 752. The van der Waals surface area contributed by atoms with Gasteiger partial charge in [-0.1, -0.05) is 70.2 Å². The molecule has 0 N–H and O–H groups in total. The summed E-state index contributed by atoms with van der Waals surface area (Å²) in [6, 6.07) is 19.2. The van der Waals surface area contributed by atoms with Gasteiger partial charge in [-0.2, -0.15) is 0 Å². The lowest BCUT2D eigenvalue weighted by Gasteiger charge is -2.50. The predicted octanol–water partition coefficient (Wildman–Crippen LogP) is 6.97. The van der Waals surface area contributed by atoms with E-state index in [1.54, 1.807) is 0 Å². The molecule has 0 aromatic heterocycles. The van der Waals surface area contributed by atoms with Crippen molar-refractivity contribution >= 4 is 0 Å². The van der Waals surface area contributed by atoms with Gasteiger partial charge < -0.3 is 9.57 Å². The Morgan fingerprint density at radius 2 is 1.43 bits per heavy atom. The number of quaternary nitrogens is 1. The number of hydroxylamine groups is 3. The van der Waals surface area contributed by atoms with Gasteiger partial charge in [0.25, 0.3) is 0 Å². The first-order chi connectivity index (χ1) is 14.1. The predicted molar refractivity (Wildman–Crippen MR) is 126 cm³/mol. The average molecular weight is 413 g/mol. The number of benzene rings is 2. The smallest absolute Gasteiger partial charge is 0.229 e. The molecule has 0 aliphatic heterocycles. The van der Waals surface area contributed by atoms with Gasteiger partial charge >= 0.3 is 0 Å². The molecule has 0 radical (unpaired) electrons. The molecule has 166 valence electrons. The van der Waals surface area contributed by atoms with Crippen molar-refractivity contribution in [1.82, 2.24) is 0 Å². The van der Waals surface area contributed by atoms with Crippen LogP contribution >= 0.6 is 0 Å². The van der Waals surface area contributed by atoms with Crippen LogP contribution in [0.1, 0.15) is 66.5 Å². The molecule has 2 rings (SSSR count). The molecule has 2 unspecified atom stereocenters. The van der Waals surface area contributed by atoms with E-state index in [1.165, 1.54) is 11.1 Å². The lowest BCUT2D eigenvalue weighted by molar-refractivity contribution is -1.15. The zero-order valence-corrected chi connectivity index (χ0v) is 20.3. The molecule has 0 fully saturated rings. The minimum Gasteiger partial charge on any atom is -0.327 e. The summed E-state index contributed by atoms with van der Waals surface area (Å²) >= 11 is 0. The summed E-state index contributed by atoms with van der Waals surface area (Å²) in [7, 11) is 0. The molecule has 2 atom stereocenters. The number of nitrogens with zero attached hydrogens (tertiary/aromatic N) is 1. The summed E-state index contributed by atoms with van der Waals surface area (Å²) < 4.78 is 6.59. The second-order valence-corrected chi connectivity index (χ2v) is 9.68. The van der Waals surface area contributed by atoms with Crippen LogP contribution in [0.25, 0.3) is 0 Å². The molecule has 0 saturated carbocycles. The van der Waals surface area contributed by atoms with Crippen molar-refractivity contribution in [3.05, 3.63) is 65.7 Å². The highest BCUT2D eigenvalue weighted by molar-refractivity contribution is 5.27. The normalized spacial score (nSPS) is 15.3. The first kappa shape index (κ1) is 24.4. The summed E-state index contributed by atoms with van der Waals surface area (Å²) in [5.74, 6) is 1.96. The molecular formula is C27H42NO2+. The van der Waals surface area contributed by atoms with Gasteiger partial charge in [0.1, 0.15) is 6.54 Å². The van der Waals surface area contributed by atoms with E-state index >= 15 is 0 Å². The summed E-state index contributed by atoms with van der Waals surface area (Å²) in [5.41, 5.74) is 2.33. The molecule has 0 amide bonds. The highest BCUT2D eigenvalue weighted by atomic mass is 16.8. The van der Waals surface area contributed by atoms with E-state index in [1.807, 2.05) is 30.3 Å². The zero-order chi connectivity index (χ0) is 22.4. The highest BCUT2D eigenvalue weighted by Crippen LogP contribution is 2.40. The number of ether oxygens (including phenoxy) is 1. The molecule has 0 heterocycles. The molecular weight excluding hydrogens is 370 g/mol. The minimum absolute atomic E-state index is 0.122. The van der Waals surface area contributed by atoms with Gasteiger partial charge in [-0.15, -0.1) is 4.65 Å². The SMILES string of the molecule is CCOC(C)[N+](CC(C)C)(Oc1ccccc1)C(C)(C)c1ccc(CC(C)C)cc1. The second-order valence-electron chi connectivity index (χ2n) is 9.68. The lowest BCUT2D eigenvalue weighted by atomic mass is 9.88. The Hall–Kier alpha value is -1.84. The van der Waals surface area contributed by atoms with Crippen LogP contribution in [0, 0.1) is 11.8 Å². The van der Waals surface area contributed by atoms with E-state index in [0.717, 1.165) is 18.7 Å². The highest BCUT2D eigenvalue weighted by Gasteiger charge is 2.53. The van der Waals surface area contributed by atoms with E-state index in [0.29, 0.717) is 23.1 Å². The third-order valence-electron chi connectivity index (χ3n) is 5.89. The molecule has 3 nitrogen and oxygen atoms in total. The van der Waals surface area contributed by atoms with Crippen LogP contribution in [0.15, 0.2) is 54.6 Å². The van der Waals surface area contributed by atoms with Crippen LogP contribution in [0.5, 0.6) is 5.75 Å². The van der Waals surface area contributed by atoms with Crippen molar-refractivity contribution in [2.24, 2.45) is 11.8 Å². The Balaban J connectivity index is 2.56. The summed E-state index contributed by atoms with van der Waals surface area (Å²) in [6.45, 7) is 19.3. The molecule has 30 heavy (non-hydrogen) atoms. The molecule has 0 saturated heterocycles. The Morgan fingerprint density at radius 3 is 1.93 bits per heavy atom. The fourth-order valence-electron chi connectivity index (χ4n) is 4.37. The van der Waals surface area contributed by atoms with Crippen LogP contribution in [-0.2, 0) is 16.7 Å². The fraction of sp³-hybridized carbons (Fsp3) is 0.556. The van der Waals surface area contributed by atoms with Gasteiger partial charge in [-0.25, -0.2) is 0 Å². The maximum absolute atomic E-state index is 6.85. The van der Waals surface area contributed by atoms with Gasteiger partial charge in [0, 0.05) is 18.4 Å². The largest absolute Gasteiger partial charge is 0.327 e. The monoisotopic (exact) mass is 412 g/mol. The van der Waals surface area contributed by atoms with Crippen molar-refractivity contribution in [2.75, 3.05) is 13.2 Å². The quantitative estimate of drug-likeness (QED) is 0.225. The number of hydrogen-bond donors (Lipinski definition) is 0. The molecule has 2 aromatic rings. The van der Waals surface area contributed by atoms with E-state index in [2.05, 4.69) is 79.7 Å². The van der Waals surface area contributed by atoms with Crippen molar-refractivity contribution in [2.45, 2.75) is 73.6 Å². The van der Waals surface area contributed by atoms with E-state index in [9.17, 15) is 0 Å². The van der Waals surface area contributed by atoms with Crippen LogP contribution < -0.4 is 4.84 Å². The molecule has 3 heteroatoms. The second kappa shape index (κ2) is 10.5. The van der Waals surface area contributed by atoms with E-state index in [-0.39, 0.29) is 11.8 Å². The Labute approximate surface area is 184 Å². The molecule has 0 spiro atoms. The van der Waals surface area contributed by atoms with Crippen molar-refractivity contribution in [1.29, 1.82) is 0 Å². The maximum atomic E-state index is 6.85. The fourth-order valence-corrected chi connectivity index (χ4v) is 4.37. The summed E-state index contributed by atoms with van der Waals surface area (Å²) in [5, 5.41) is 0. The van der Waals surface area contributed by atoms with Crippen molar-refractivity contribution in [3.8, 4) is 5.75 Å². The molecule has 0 bridgehead atoms. The molecule has 0 aliphatic rings. The van der Waals surface area contributed by atoms with Crippen molar-refractivity contribution < 1.29 is 14.2 Å². The minimum atomic E-state index is -0.314. The number of hydrogen-bond acceptors (Lipinski definition) is 2. The van der Waals surface area contributed by atoms with E-state index in [4.69, 9.17) is 9.57 Å². The third kappa shape index (κ3) is 5.65. The average Bonchev–Trinajstić information content (AvgIpc) is 2.68. The maximum Gasteiger partial charge on any atom is 0.229 e. The topological polar surface area (TPSA) is 18.5 Å². The standard InChI is InChI=1S/C27H42NO2/c1-9-29-23(6)28(20-22(4)5,30-26-13-11-10-12-14-26)27(7,8)25-17-15-24(16-18-25)19-21(2)3/h10-18,21-23H,9,19-20H2,1-8H3/q+1. The first-order valence-corrected chi connectivity index (χ1v) is 11.5. The van der Waals surface area contributed by atoms with Crippen LogP contribution in [0.2, 0.25) is 0 Å².